The average Bonchev–Trinajstić information content (AvgIpc) is 3.15. The zero-order chi connectivity index (χ0) is 28.0. The molecule has 0 aliphatic carbocycles. The summed E-state index contributed by atoms with van der Waals surface area (Å²) < 4.78 is 48.3. The molecule has 0 aromatic heterocycles. The Labute approximate surface area is 218 Å². The van der Waals surface area contributed by atoms with Crippen LogP contribution in [0.15, 0.2) is 51.9 Å². The van der Waals surface area contributed by atoms with Gasteiger partial charge in [0.05, 0.1) is 29.0 Å². The second kappa shape index (κ2) is 11.8. The molecule has 0 N–H and O–H groups in total. The Kier molecular flexibility index (Phi) is 9.49. The SMILES string of the molecule is CCON=C(CCC(C#N)=C(OC(=O)C(C)(C)C)C(=O)C1(C(F)(F)F)C=NN(C)C1Cl)c1ccccc1. The van der Waals surface area contributed by atoms with E-state index in [1.165, 1.54) is 27.8 Å². The van der Waals surface area contributed by atoms with Gasteiger partial charge in [-0.2, -0.15) is 23.5 Å². The van der Waals surface area contributed by atoms with Crippen molar-refractivity contribution in [3.8, 4) is 6.07 Å². The summed E-state index contributed by atoms with van der Waals surface area (Å²) in [6.45, 7) is 6.35. The van der Waals surface area contributed by atoms with Crippen molar-refractivity contribution >= 4 is 35.3 Å². The Morgan fingerprint density at radius 1 is 1.22 bits per heavy atom. The van der Waals surface area contributed by atoms with E-state index in [0.717, 1.165) is 5.01 Å². The van der Waals surface area contributed by atoms with E-state index < -0.39 is 45.6 Å². The van der Waals surface area contributed by atoms with Gasteiger partial charge in [0.2, 0.25) is 11.2 Å². The molecular weight excluding hydrogens is 513 g/mol. The number of carbonyl (C=O) groups is 2. The largest absolute Gasteiger partial charge is 0.421 e. The monoisotopic (exact) mass is 540 g/mol. The normalized spacial score (nSPS) is 20.8. The number of esters is 1. The lowest BCUT2D eigenvalue weighted by molar-refractivity contribution is -0.202. The van der Waals surface area contributed by atoms with Gasteiger partial charge >= 0.3 is 12.1 Å². The average molecular weight is 541 g/mol. The molecule has 0 saturated heterocycles. The molecule has 1 aromatic carbocycles. The summed E-state index contributed by atoms with van der Waals surface area (Å²) >= 11 is 6.03. The Hall–Kier alpha value is -3.39. The van der Waals surface area contributed by atoms with E-state index in [1.54, 1.807) is 43.3 Å². The Morgan fingerprint density at radius 2 is 1.84 bits per heavy atom. The molecule has 0 fully saturated rings. The van der Waals surface area contributed by atoms with Gasteiger partial charge in [0.1, 0.15) is 12.1 Å². The molecule has 0 radical (unpaired) electrons. The number of benzene rings is 1. The maximum Gasteiger partial charge on any atom is 0.410 e. The van der Waals surface area contributed by atoms with Crippen LogP contribution in [0.2, 0.25) is 0 Å². The minimum atomic E-state index is -5.21. The van der Waals surface area contributed by atoms with E-state index >= 15 is 0 Å². The fourth-order valence-corrected chi connectivity index (χ4v) is 3.59. The summed E-state index contributed by atoms with van der Waals surface area (Å²) in [6.07, 6.45) is -5.12. The van der Waals surface area contributed by atoms with Gasteiger partial charge in [0, 0.05) is 7.05 Å². The van der Waals surface area contributed by atoms with E-state index in [9.17, 15) is 28.0 Å². The Morgan fingerprint density at radius 3 is 2.30 bits per heavy atom. The molecule has 2 rings (SSSR count). The second-order valence-corrected chi connectivity index (χ2v) is 9.64. The molecule has 200 valence electrons. The topological polar surface area (TPSA) is 104 Å². The van der Waals surface area contributed by atoms with Crippen LogP contribution in [0.3, 0.4) is 0 Å². The number of nitrogens with zero attached hydrogens (tertiary/aromatic N) is 4. The van der Waals surface area contributed by atoms with E-state index in [2.05, 4.69) is 10.3 Å². The zero-order valence-electron chi connectivity index (χ0n) is 21.1. The molecule has 8 nitrogen and oxygen atoms in total. The van der Waals surface area contributed by atoms with Gasteiger partial charge in [-0.1, -0.05) is 47.1 Å². The minimum absolute atomic E-state index is 0.00588. The second-order valence-electron chi connectivity index (χ2n) is 9.23. The number of nitriles is 1. The van der Waals surface area contributed by atoms with Crippen molar-refractivity contribution < 1.29 is 32.3 Å². The van der Waals surface area contributed by atoms with Crippen LogP contribution in [-0.2, 0) is 19.2 Å². The Bertz CT molecular complexity index is 1140. The summed E-state index contributed by atoms with van der Waals surface area (Å²) in [4.78, 5) is 31.4. The predicted molar refractivity (Wildman–Crippen MR) is 131 cm³/mol. The molecule has 2 unspecified atom stereocenters. The maximum absolute atomic E-state index is 14.4. The number of alkyl halides is 4. The molecule has 0 spiro atoms. The van der Waals surface area contributed by atoms with Gasteiger partial charge in [0.25, 0.3) is 0 Å². The van der Waals surface area contributed by atoms with Crippen molar-refractivity contribution in [2.45, 2.75) is 52.2 Å². The van der Waals surface area contributed by atoms with E-state index in [-0.39, 0.29) is 19.4 Å². The number of Topliss-reactive ketones (excluding diaryl/α,β-unsaturated/α-hetero) is 1. The van der Waals surface area contributed by atoms with Gasteiger partial charge in [0.15, 0.2) is 5.76 Å². The summed E-state index contributed by atoms with van der Waals surface area (Å²) in [6, 6.07) is 10.5. The number of rotatable bonds is 9. The lowest BCUT2D eigenvalue weighted by Crippen LogP contribution is -2.54. The number of ether oxygens (including phenoxy) is 1. The smallest absolute Gasteiger partial charge is 0.410 e. The third kappa shape index (κ3) is 6.49. The third-order valence-corrected chi connectivity index (χ3v) is 6.06. The minimum Gasteiger partial charge on any atom is -0.421 e. The van der Waals surface area contributed by atoms with Crippen molar-refractivity contribution in [3.63, 3.8) is 0 Å². The van der Waals surface area contributed by atoms with Crippen LogP contribution in [0.25, 0.3) is 0 Å². The highest BCUT2D eigenvalue weighted by molar-refractivity contribution is 6.27. The van der Waals surface area contributed by atoms with Crippen LogP contribution in [0.1, 0.15) is 46.1 Å². The number of hydrogen-bond acceptors (Lipinski definition) is 8. The molecule has 0 amide bonds. The first-order valence-electron chi connectivity index (χ1n) is 11.3. The standard InChI is InChI=1S/C25H28ClF3N4O4/c1-6-36-32-18(16-10-8-7-9-11-16)13-12-17(14-30)19(37-22(35)23(2,3)4)20(34)24(25(27,28)29)15-31-33(5)21(24)26/h7-11,15,21H,6,12-13H2,1-5H3. The number of allylic oxidation sites excluding steroid dienone is 2. The van der Waals surface area contributed by atoms with Gasteiger partial charge < -0.3 is 9.57 Å². The van der Waals surface area contributed by atoms with Crippen LogP contribution in [0.4, 0.5) is 13.2 Å². The first-order valence-corrected chi connectivity index (χ1v) is 11.8. The highest BCUT2D eigenvalue weighted by Crippen LogP contribution is 2.48. The van der Waals surface area contributed by atoms with Crippen LogP contribution < -0.4 is 0 Å². The molecule has 1 aliphatic rings. The summed E-state index contributed by atoms with van der Waals surface area (Å²) in [7, 11) is 1.17. The molecule has 12 heteroatoms. The molecule has 0 saturated carbocycles. The number of oxime groups is 1. The van der Waals surface area contributed by atoms with Gasteiger partial charge in [-0.05, 0) is 46.1 Å². The van der Waals surface area contributed by atoms with Gasteiger partial charge in [-0.3, -0.25) is 14.6 Å². The predicted octanol–water partition coefficient (Wildman–Crippen LogP) is 5.19. The van der Waals surface area contributed by atoms with Crippen molar-refractivity contribution in [2.24, 2.45) is 21.1 Å². The molecule has 37 heavy (non-hydrogen) atoms. The van der Waals surface area contributed by atoms with E-state index in [4.69, 9.17) is 21.2 Å². The number of ketones is 1. The van der Waals surface area contributed by atoms with Crippen LogP contribution in [0, 0.1) is 22.2 Å². The van der Waals surface area contributed by atoms with Crippen molar-refractivity contribution in [2.75, 3.05) is 13.7 Å². The van der Waals surface area contributed by atoms with Crippen molar-refractivity contribution in [3.05, 3.63) is 47.2 Å². The number of halogens is 4. The third-order valence-electron chi connectivity index (χ3n) is 5.44. The summed E-state index contributed by atoms with van der Waals surface area (Å²) in [5.74, 6) is -3.72. The summed E-state index contributed by atoms with van der Waals surface area (Å²) in [5, 5.41) is 18.2. The van der Waals surface area contributed by atoms with Crippen molar-refractivity contribution in [1.82, 2.24) is 5.01 Å². The highest BCUT2D eigenvalue weighted by Gasteiger charge is 2.68. The first kappa shape index (κ1) is 29.8. The van der Waals surface area contributed by atoms with Crippen LogP contribution in [0.5, 0.6) is 0 Å². The van der Waals surface area contributed by atoms with Crippen LogP contribution >= 0.6 is 11.6 Å². The highest BCUT2D eigenvalue weighted by atomic mass is 35.5. The lowest BCUT2D eigenvalue weighted by atomic mass is 9.81. The Balaban J connectivity index is 2.62. The van der Waals surface area contributed by atoms with Gasteiger partial charge in [-0.15, -0.1) is 0 Å². The fourth-order valence-electron chi connectivity index (χ4n) is 3.26. The summed E-state index contributed by atoms with van der Waals surface area (Å²) in [5.41, 5.74) is -5.96. The quantitative estimate of drug-likeness (QED) is 0.0624. The molecule has 1 aromatic rings. The molecule has 1 aliphatic heterocycles. The first-order chi connectivity index (χ1) is 17.2. The number of hydrogen-bond donors (Lipinski definition) is 0. The fraction of sp³-hybridized carbons (Fsp3) is 0.480. The molecular formula is C25H28ClF3N4O4. The maximum atomic E-state index is 14.4. The van der Waals surface area contributed by atoms with Gasteiger partial charge in [-0.25, -0.2) is 0 Å². The molecule has 1 heterocycles. The number of hydrazone groups is 1. The van der Waals surface area contributed by atoms with Crippen molar-refractivity contribution in [1.29, 1.82) is 5.26 Å². The van der Waals surface area contributed by atoms with E-state index in [1.807, 2.05) is 0 Å². The zero-order valence-corrected chi connectivity index (χ0v) is 21.9. The molecule has 2 atom stereocenters. The van der Waals surface area contributed by atoms with Crippen LogP contribution in [-0.4, -0.2) is 54.0 Å². The molecule has 0 bridgehead atoms. The lowest BCUT2D eigenvalue weighted by Gasteiger charge is -2.33. The van der Waals surface area contributed by atoms with E-state index in [0.29, 0.717) is 17.5 Å². The number of carbonyl (C=O) groups excluding carboxylic acids is 2.